The Morgan fingerprint density at radius 2 is 2.05 bits per heavy atom. The molecule has 0 N–H and O–H groups in total. The molecule has 0 fully saturated rings. The van der Waals surface area contributed by atoms with E-state index in [2.05, 4.69) is 4.98 Å². The second-order valence-corrected chi connectivity index (χ2v) is 4.54. The van der Waals surface area contributed by atoms with Crippen LogP contribution in [-0.2, 0) is 12.3 Å². The van der Waals surface area contributed by atoms with Gasteiger partial charge in [-0.1, -0.05) is 18.2 Å². The number of hydrogen-bond acceptors (Lipinski definition) is 3. The van der Waals surface area contributed by atoms with Gasteiger partial charge in [0.05, 0.1) is 19.1 Å². The lowest BCUT2D eigenvalue weighted by atomic mass is 10.2. The second-order valence-electron chi connectivity index (χ2n) is 4.27. The number of benzene rings is 1. The van der Waals surface area contributed by atoms with Gasteiger partial charge in [0.25, 0.3) is 0 Å². The molecule has 2 aromatic rings. The van der Waals surface area contributed by atoms with Crippen molar-refractivity contribution in [1.82, 2.24) is 4.98 Å². The number of ether oxygens (including phenoxy) is 2. The molecule has 1 aromatic carbocycles. The maximum absolute atomic E-state index is 5.95. The van der Waals surface area contributed by atoms with Gasteiger partial charge in [0.15, 0.2) is 11.5 Å². The molecular weight excluding hydrogens is 274 g/mol. The molecule has 0 radical (unpaired) electrons. The van der Waals surface area contributed by atoms with Gasteiger partial charge in [0, 0.05) is 24.4 Å². The normalized spacial score (nSPS) is 10.3. The number of aromatic nitrogens is 1. The molecule has 20 heavy (non-hydrogen) atoms. The maximum atomic E-state index is 5.95. The van der Waals surface area contributed by atoms with Crippen LogP contribution in [0.5, 0.6) is 11.5 Å². The molecule has 106 valence electrons. The predicted molar refractivity (Wildman–Crippen MR) is 80.6 cm³/mol. The van der Waals surface area contributed by atoms with Crippen LogP contribution in [0.4, 0.5) is 0 Å². The first-order valence-electron chi connectivity index (χ1n) is 6.67. The van der Waals surface area contributed by atoms with E-state index in [9.17, 15) is 0 Å². The van der Waals surface area contributed by atoms with E-state index in [0.29, 0.717) is 19.1 Å². The number of halogens is 1. The zero-order valence-electron chi connectivity index (χ0n) is 11.5. The van der Waals surface area contributed by atoms with E-state index in [1.165, 1.54) is 0 Å². The summed E-state index contributed by atoms with van der Waals surface area (Å²) in [6, 6.07) is 9.74. The molecule has 2 rings (SSSR count). The predicted octanol–water partition coefficient (Wildman–Crippen LogP) is 3.84. The van der Waals surface area contributed by atoms with Crippen LogP contribution in [0.15, 0.2) is 42.7 Å². The van der Waals surface area contributed by atoms with Crippen molar-refractivity contribution in [2.24, 2.45) is 0 Å². The van der Waals surface area contributed by atoms with E-state index < -0.39 is 0 Å². The molecule has 0 atom stereocenters. The van der Waals surface area contributed by atoms with Gasteiger partial charge in [0.1, 0.15) is 0 Å². The van der Waals surface area contributed by atoms with Crippen molar-refractivity contribution in [2.75, 3.05) is 13.2 Å². The smallest absolute Gasteiger partial charge is 0.165 e. The number of para-hydroxylation sites is 1. The van der Waals surface area contributed by atoms with Crippen molar-refractivity contribution in [3.05, 3.63) is 53.9 Å². The summed E-state index contributed by atoms with van der Waals surface area (Å²) in [6.07, 6.45) is 4.41. The third-order valence-corrected chi connectivity index (χ3v) is 3.15. The van der Waals surface area contributed by atoms with Crippen molar-refractivity contribution in [1.29, 1.82) is 0 Å². The maximum Gasteiger partial charge on any atom is 0.165 e. The van der Waals surface area contributed by atoms with Gasteiger partial charge in [-0.05, 0) is 24.6 Å². The summed E-state index contributed by atoms with van der Waals surface area (Å²) in [5.41, 5.74) is 2.10. The number of rotatable bonds is 7. The Morgan fingerprint density at radius 3 is 2.75 bits per heavy atom. The number of pyridine rings is 1. The van der Waals surface area contributed by atoms with Gasteiger partial charge in [0.2, 0.25) is 0 Å². The Labute approximate surface area is 124 Å². The van der Waals surface area contributed by atoms with E-state index >= 15 is 0 Å². The zero-order chi connectivity index (χ0) is 14.2. The highest BCUT2D eigenvalue weighted by atomic mass is 35.5. The monoisotopic (exact) mass is 291 g/mol. The molecule has 1 heterocycles. The minimum atomic E-state index is 0.406. The molecule has 3 nitrogen and oxygen atoms in total. The molecule has 1 aromatic heterocycles. The topological polar surface area (TPSA) is 31.4 Å². The fourth-order valence-corrected chi connectivity index (χ4v) is 2.13. The number of nitrogens with zero attached hydrogens (tertiary/aromatic N) is 1. The number of alkyl halides is 1. The van der Waals surface area contributed by atoms with Crippen LogP contribution in [0.2, 0.25) is 0 Å². The Kier molecular flexibility index (Phi) is 5.69. The van der Waals surface area contributed by atoms with Crippen LogP contribution in [0.25, 0.3) is 0 Å². The Hall–Kier alpha value is -1.74. The Morgan fingerprint density at radius 1 is 1.15 bits per heavy atom. The van der Waals surface area contributed by atoms with Gasteiger partial charge < -0.3 is 9.47 Å². The lowest BCUT2D eigenvalue weighted by molar-refractivity contribution is 0.277. The van der Waals surface area contributed by atoms with Crippen LogP contribution < -0.4 is 9.47 Å². The molecule has 4 heteroatoms. The molecule has 0 aliphatic rings. The van der Waals surface area contributed by atoms with Crippen molar-refractivity contribution >= 4 is 11.6 Å². The van der Waals surface area contributed by atoms with Crippen molar-refractivity contribution in [3.8, 4) is 11.5 Å². The first-order valence-corrected chi connectivity index (χ1v) is 7.21. The Bertz CT molecular complexity index is 531. The summed E-state index contributed by atoms with van der Waals surface area (Å²) in [4.78, 5) is 4.09. The zero-order valence-corrected chi connectivity index (χ0v) is 12.3. The van der Waals surface area contributed by atoms with Crippen LogP contribution in [0.1, 0.15) is 18.1 Å². The first-order chi connectivity index (χ1) is 9.85. The van der Waals surface area contributed by atoms with E-state index in [1.807, 2.05) is 43.5 Å². The number of hydrogen-bond donors (Lipinski definition) is 0. The van der Waals surface area contributed by atoms with Crippen LogP contribution >= 0.6 is 11.6 Å². The van der Waals surface area contributed by atoms with Gasteiger partial charge >= 0.3 is 0 Å². The molecule has 0 spiro atoms. The van der Waals surface area contributed by atoms with Crippen LogP contribution in [-0.4, -0.2) is 18.2 Å². The van der Waals surface area contributed by atoms with Gasteiger partial charge in [-0.15, -0.1) is 11.6 Å². The quantitative estimate of drug-likeness (QED) is 0.726. The highest BCUT2D eigenvalue weighted by Crippen LogP contribution is 2.32. The van der Waals surface area contributed by atoms with Crippen LogP contribution in [0.3, 0.4) is 0 Å². The minimum Gasteiger partial charge on any atom is -0.490 e. The first kappa shape index (κ1) is 14.7. The highest BCUT2D eigenvalue weighted by Gasteiger charge is 2.10. The van der Waals surface area contributed by atoms with E-state index in [0.717, 1.165) is 29.0 Å². The SMILES string of the molecule is CCOc1cccc(CCl)c1OCCc1cccnc1. The van der Waals surface area contributed by atoms with E-state index in [4.69, 9.17) is 21.1 Å². The van der Waals surface area contributed by atoms with Gasteiger partial charge in [-0.25, -0.2) is 0 Å². The van der Waals surface area contributed by atoms with Crippen molar-refractivity contribution in [3.63, 3.8) is 0 Å². The summed E-state index contributed by atoms with van der Waals surface area (Å²) in [6.45, 7) is 3.12. The van der Waals surface area contributed by atoms with E-state index in [1.54, 1.807) is 6.20 Å². The summed E-state index contributed by atoms with van der Waals surface area (Å²) in [5, 5.41) is 0. The molecule has 0 bridgehead atoms. The molecule has 0 aliphatic carbocycles. The van der Waals surface area contributed by atoms with E-state index in [-0.39, 0.29) is 0 Å². The molecule has 0 amide bonds. The second kappa shape index (κ2) is 7.75. The lowest BCUT2D eigenvalue weighted by Gasteiger charge is -2.14. The third-order valence-electron chi connectivity index (χ3n) is 2.86. The Balaban J connectivity index is 2.04. The van der Waals surface area contributed by atoms with Gasteiger partial charge in [-0.3, -0.25) is 4.98 Å². The molecular formula is C16H18ClNO2. The summed E-state index contributed by atoms with van der Waals surface area (Å²) in [7, 11) is 0. The standard InChI is InChI=1S/C16H18ClNO2/c1-2-19-15-7-3-6-14(11-17)16(15)20-10-8-13-5-4-9-18-12-13/h3-7,9,12H,2,8,10-11H2,1H3. The van der Waals surface area contributed by atoms with Gasteiger partial charge in [-0.2, -0.15) is 0 Å². The third kappa shape index (κ3) is 3.87. The average molecular weight is 292 g/mol. The largest absolute Gasteiger partial charge is 0.490 e. The summed E-state index contributed by atoms with van der Waals surface area (Å²) >= 11 is 5.95. The summed E-state index contributed by atoms with van der Waals surface area (Å²) in [5.74, 6) is 1.90. The minimum absolute atomic E-state index is 0.406. The molecule has 0 saturated heterocycles. The van der Waals surface area contributed by atoms with Crippen LogP contribution in [0, 0.1) is 0 Å². The fourth-order valence-electron chi connectivity index (χ4n) is 1.92. The fraction of sp³-hybridized carbons (Fsp3) is 0.312. The molecule has 0 unspecified atom stereocenters. The lowest BCUT2D eigenvalue weighted by Crippen LogP contribution is -2.05. The van der Waals surface area contributed by atoms with Crippen molar-refractivity contribution in [2.45, 2.75) is 19.2 Å². The molecule has 0 saturated carbocycles. The van der Waals surface area contributed by atoms with Crippen molar-refractivity contribution < 1.29 is 9.47 Å². The summed E-state index contributed by atoms with van der Waals surface area (Å²) < 4.78 is 11.5. The highest BCUT2D eigenvalue weighted by molar-refractivity contribution is 6.17. The average Bonchev–Trinajstić information content (AvgIpc) is 2.50. The molecule has 0 aliphatic heterocycles.